The van der Waals surface area contributed by atoms with Crippen LogP contribution in [0.1, 0.15) is 23.7 Å². The third-order valence-electron chi connectivity index (χ3n) is 2.99. The van der Waals surface area contributed by atoms with Crippen LogP contribution in [0, 0.1) is 0 Å². The number of nitrogens with one attached hydrogen (secondary N) is 1. The van der Waals surface area contributed by atoms with Crippen LogP contribution in [0.2, 0.25) is 0 Å². The number of ether oxygens (including phenoxy) is 1. The van der Waals surface area contributed by atoms with Gasteiger partial charge in [0, 0.05) is 10.7 Å². The van der Waals surface area contributed by atoms with E-state index in [1.165, 1.54) is 0 Å². The van der Waals surface area contributed by atoms with Crippen molar-refractivity contribution in [1.29, 1.82) is 0 Å². The molecule has 1 amide bonds. The van der Waals surface area contributed by atoms with Gasteiger partial charge in [-0.15, -0.1) is 0 Å². The summed E-state index contributed by atoms with van der Waals surface area (Å²) in [5.74, 6) is -1.04. The van der Waals surface area contributed by atoms with Crippen LogP contribution in [-0.2, 0) is 16.1 Å². The molecule has 1 unspecified atom stereocenters. The minimum atomic E-state index is -1.04. The van der Waals surface area contributed by atoms with E-state index in [9.17, 15) is 9.59 Å². The Balaban J connectivity index is 1.98. The van der Waals surface area contributed by atoms with Crippen LogP contribution in [0.15, 0.2) is 53.1 Å². The number of hydrogen-bond acceptors (Lipinski definition) is 4. The van der Waals surface area contributed by atoms with Crippen LogP contribution in [-0.4, -0.2) is 22.2 Å². The molecule has 2 N–H and O–H groups in total. The number of benzene rings is 1. The summed E-state index contributed by atoms with van der Waals surface area (Å²) in [6.07, 6.45) is 0.570. The topological polar surface area (TPSA) is 88.5 Å². The van der Waals surface area contributed by atoms with Gasteiger partial charge in [-0.25, -0.2) is 4.79 Å². The maximum Gasteiger partial charge on any atom is 0.408 e. The summed E-state index contributed by atoms with van der Waals surface area (Å²) in [6.45, 7) is 0.111. The zero-order valence-electron chi connectivity index (χ0n) is 12.1. The Morgan fingerprint density at radius 1 is 1.22 bits per heavy atom. The number of pyridine rings is 1. The van der Waals surface area contributed by atoms with E-state index in [1.807, 2.05) is 30.3 Å². The predicted octanol–water partition coefficient (Wildman–Crippen LogP) is 3.29. The Morgan fingerprint density at radius 2 is 1.96 bits per heavy atom. The molecule has 7 heteroatoms. The van der Waals surface area contributed by atoms with E-state index in [0.717, 1.165) is 10.0 Å². The van der Waals surface area contributed by atoms with Crippen molar-refractivity contribution in [2.45, 2.75) is 19.1 Å². The van der Waals surface area contributed by atoms with E-state index in [-0.39, 0.29) is 13.0 Å². The number of aromatic nitrogens is 1. The van der Waals surface area contributed by atoms with Crippen molar-refractivity contribution >= 4 is 28.0 Å². The van der Waals surface area contributed by atoms with Crippen molar-refractivity contribution in [2.75, 3.05) is 0 Å². The zero-order chi connectivity index (χ0) is 16.7. The first-order valence-electron chi connectivity index (χ1n) is 6.85. The highest BCUT2D eigenvalue weighted by Gasteiger charge is 2.20. The minimum absolute atomic E-state index is 0.111. The Labute approximate surface area is 141 Å². The molecule has 0 aliphatic heterocycles. The number of alkyl carbamates (subject to hydrolysis) is 1. The summed E-state index contributed by atoms with van der Waals surface area (Å²) in [5.41, 5.74) is 1.30. The molecule has 0 bridgehead atoms. The minimum Gasteiger partial charge on any atom is -0.481 e. The molecule has 120 valence electrons. The van der Waals surface area contributed by atoms with E-state index < -0.39 is 18.1 Å². The van der Waals surface area contributed by atoms with E-state index >= 15 is 0 Å². The SMILES string of the molecule is O=C(O)CC(NC(=O)OCc1ccccc1)c1ccc(Br)cn1. The highest BCUT2D eigenvalue weighted by molar-refractivity contribution is 9.10. The maximum absolute atomic E-state index is 11.9. The van der Waals surface area contributed by atoms with Gasteiger partial charge >= 0.3 is 12.1 Å². The van der Waals surface area contributed by atoms with Gasteiger partial charge in [0.05, 0.1) is 18.2 Å². The fourth-order valence-electron chi connectivity index (χ4n) is 1.90. The van der Waals surface area contributed by atoms with Gasteiger partial charge in [-0.1, -0.05) is 30.3 Å². The quantitative estimate of drug-likeness (QED) is 0.804. The molecule has 1 atom stereocenters. The summed E-state index contributed by atoms with van der Waals surface area (Å²) in [7, 11) is 0. The number of nitrogens with zero attached hydrogens (tertiary/aromatic N) is 1. The lowest BCUT2D eigenvalue weighted by Crippen LogP contribution is -2.31. The molecule has 2 rings (SSSR count). The number of carbonyl (C=O) groups excluding carboxylic acids is 1. The average Bonchev–Trinajstić information content (AvgIpc) is 2.53. The van der Waals surface area contributed by atoms with Crippen molar-refractivity contribution in [3.05, 3.63) is 64.4 Å². The van der Waals surface area contributed by atoms with E-state index in [4.69, 9.17) is 9.84 Å². The predicted molar refractivity (Wildman–Crippen MR) is 86.7 cm³/mol. The summed E-state index contributed by atoms with van der Waals surface area (Å²) in [6, 6.07) is 11.8. The number of halogens is 1. The maximum atomic E-state index is 11.9. The second-order valence-electron chi connectivity index (χ2n) is 4.76. The second kappa shape index (κ2) is 8.28. The van der Waals surface area contributed by atoms with Gasteiger partial charge in [0.1, 0.15) is 6.61 Å². The van der Waals surface area contributed by atoms with Gasteiger partial charge in [0.15, 0.2) is 0 Å². The third-order valence-corrected chi connectivity index (χ3v) is 3.46. The molecule has 1 heterocycles. The summed E-state index contributed by atoms with van der Waals surface area (Å²) < 4.78 is 5.87. The number of hydrogen-bond donors (Lipinski definition) is 2. The molecular formula is C16H15BrN2O4. The van der Waals surface area contributed by atoms with E-state index in [1.54, 1.807) is 18.3 Å². The number of carboxylic acid groups (broad SMARTS) is 1. The molecule has 1 aromatic heterocycles. The van der Waals surface area contributed by atoms with Gasteiger partial charge < -0.3 is 15.2 Å². The number of amides is 1. The van der Waals surface area contributed by atoms with Gasteiger partial charge in [0.2, 0.25) is 0 Å². The van der Waals surface area contributed by atoms with Crippen LogP contribution in [0.25, 0.3) is 0 Å². The normalized spacial score (nSPS) is 11.5. The highest BCUT2D eigenvalue weighted by atomic mass is 79.9. The van der Waals surface area contributed by atoms with Gasteiger partial charge in [0.25, 0.3) is 0 Å². The number of aliphatic carboxylic acids is 1. The lowest BCUT2D eigenvalue weighted by molar-refractivity contribution is -0.137. The van der Waals surface area contributed by atoms with E-state index in [2.05, 4.69) is 26.2 Å². The first kappa shape index (κ1) is 17.0. The molecule has 2 aromatic rings. The van der Waals surface area contributed by atoms with Crippen LogP contribution < -0.4 is 5.32 Å². The molecule has 0 fully saturated rings. The second-order valence-corrected chi connectivity index (χ2v) is 5.67. The van der Waals surface area contributed by atoms with E-state index in [0.29, 0.717) is 5.69 Å². The van der Waals surface area contributed by atoms with Crippen molar-refractivity contribution in [2.24, 2.45) is 0 Å². The zero-order valence-corrected chi connectivity index (χ0v) is 13.7. The molecule has 1 aromatic carbocycles. The van der Waals surface area contributed by atoms with Crippen LogP contribution in [0.3, 0.4) is 0 Å². The Morgan fingerprint density at radius 3 is 2.57 bits per heavy atom. The lowest BCUT2D eigenvalue weighted by Gasteiger charge is -2.16. The first-order chi connectivity index (χ1) is 11.0. The number of carbonyl (C=O) groups is 2. The highest BCUT2D eigenvalue weighted by Crippen LogP contribution is 2.17. The molecule has 0 saturated heterocycles. The van der Waals surface area contributed by atoms with Crippen molar-refractivity contribution in [1.82, 2.24) is 10.3 Å². The van der Waals surface area contributed by atoms with Gasteiger partial charge in [-0.3, -0.25) is 9.78 Å². The Kier molecular flexibility index (Phi) is 6.10. The summed E-state index contributed by atoms with van der Waals surface area (Å²) in [4.78, 5) is 27.0. The average molecular weight is 379 g/mol. The number of carboxylic acids is 1. The molecular weight excluding hydrogens is 364 g/mol. The Bertz CT molecular complexity index is 662. The molecule has 0 radical (unpaired) electrons. The van der Waals surface area contributed by atoms with Crippen LogP contribution in [0.4, 0.5) is 4.79 Å². The van der Waals surface area contributed by atoms with Crippen molar-refractivity contribution < 1.29 is 19.4 Å². The first-order valence-corrected chi connectivity index (χ1v) is 7.64. The van der Waals surface area contributed by atoms with Crippen molar-refractivity contribution in [3.8, 4) is 0 Å². The standard InChI is InChI=1S/C16H15BrN2O4/c17-12-6-7-13(18-9-12)14(8-15(20)21)19-16(22)23-10-11-4-2-1-3-5-11/h1-7,9,14H,8,10H2,(H,19,22)(H,20,21). The molecule has 0 spiro atoms. The lowest BCUT2D eigenvalue weighted by atomic mass is 10.1. The molecule has 0 aliphatic rings. The third kappa shape index (κ3) is 5.71. The van der Waals surface area contributed by atoms with Crippen LogP contribution in [0.5, 0.6) is 0 Å². The number of rotatable bonds is 6. The van der Waals surface area contributed by atoms with Gasteiger partial charge in [-0.2, -0.15) is 0 Å². The smallest absolute Gasteiger partial charge is 0.408 e. The molecule has 0 aliphatic carbocycles. The molecule has 23 heavy (non-hydrogen) atoms. The van der Waals surface area contributed by atoms with Crippen LogP contribution >= 0.6 is 15.9 Å². The molecule has 6 nitrogen and oxygen atoms in total. The Hall–Kier alpha value is -2.41. The summed E-state index contributed by atoms with van der Waals surface area (Å²) >= 11 is 3.26. The van der Waals surface area contributed by atoms with Crippen molar-refractivity contribution in [3.63, 3.8) is 0 Å². The fraction of sp³-hybridized carbons (Fsp3) is 0.188. The summed E-state index contributed by atoms with van der Waals surface area (Å²) in [5, 5.41) is 11.5. The monoisotopic (exact) mass is 378 g/mol. The van der Waals surface area contributed by atoms with Gasteiger partial charge in [-0.05, 0) is 33.6 Å². The molecule has 0 saturated carbocycles. The fourth-order valence-corrected chi connectivity index (χ4v) is 2.14. The largest absolute Gasteiger partial charge is 0.481 e.